The van der Waals surface area contributed by atoms with Crippen LogP contribution in [0, 0.1) is 0 Å². The molecule has 0 saturated carbocycles. The van der Waals surface area contributed by atoms with Gasteiger partial charge in [0.05, 0.1) is 21.8 Å². The molecule has 2 heterocycles. The van der Waals surface area contributed by atoms with Crippen LogP contribution in [-0.2, 0) is 4.79 Å². The summed E-state index contributed by atoms with van der Waals surface area (Å²) < 4.78 is 2.24. The second-order valence-electron chi connectivity index (χ2n) is 13.1. The van der Waals surface area contributed by atoms with E-state index in [0.717, 1.165) is 65.7 Å². The third-order valence-corrected chi connectivity index (χ3v) is 10.6. The number of nitrogens with zero attached hydrogens (tertiary/aromatic N) is 4. The van der Waals surface area contributed by atoms with Crippen molar-refractivity contribution in [1.82, 2.24) is 4.49 Å². The number of carbonyl (C=O) groups excluding carboxylic acids is 1. The number of aliphatic hydroxyl groups excluding tert-OH is 1. The highest BCUT2D eigenvalue weighted by Crippen LogP contribution is 2.47. The van der Waals surface area contributed by atoms with Gasteiger partial charge in [-0.05, 0) is 48.5 Å². The molecule has 8 heteroatoms. The Kier molecular flexibility index (Phi) is 6.15. The Labute approximate surface area is 280 Å². The van der Waals surface area contributed by atoms with Gasteiger partial charge in [-0.15, -0.1) is 0 Å². The maximum atomic E-state index is 14.5. The second kappa shape index (κ2) is 10.4. The van der Waals surface area contributed by atoms with E-state index in [1.807, 2.05) is 24.3 Å². The lowest BCUT2D eigenvalue weighted by Gasteiger charge is -2.42. The summed E-state index contributed by atoms with van der Waals surface area (Å²) in [5, 5.41) is 18.1. The van der Waals surface area contributed by atoms with Crippen LogP contribution >= 0.6 is 0 Å². The number of rotatable bonds is 3. The Balaban J connectivity index is 1.31. The van der Waals surface area contributed by atoms with Crippen LogP contribution in [-0.4, -0.2) is 53.0 Å². The van der Waals surface area contributed by atoms with E-state index in [4.69, 9.17) is 0 Å². The highest BCUT2D eigenvalue weighted by Gasteiger charge is 2.45. The first-order valence-corrected chi connectivity index (χ1v) is 16.4. The lowest BCUT2D eigenvalue weighted by molar-refractivity contribution is -0.109. The van der Waals surface area contributed by atoms with Gasteiger partial charge >= 0.3 is 14.0 Å². The lowest BCUT2D eigenvalue weighted by Crippen LogP contribution is -2.64. The van der Waals surface area contributed by atoms with Crippen LogP contribution in [0.1, 0.15) is 5.56 Å². The van der Waals surface area contributed by atoms with Gasteiger partial charge in [0.25, 0.3) is 0 Å². The Hall–Kier alpha value is -5.75. The van der Waals surface area contributed by atoms with Gasteiger partial charge in [0, 0.05) is 40.5 Å². The highest BCUT2D eigenvalue weighted by atomic mass is 16.3. The molecule has 0 radical (unpaired) electrons. The van der Waals surface area contributed by atoms with E-state index in [9.17, 15) is 9.90 Å². The molecule has 3 aliphatic rings. The molecule has 0 aromatic heterocycles. The summed E-state index contributed by atoms with van der Waals surface area (Å²) >= 11 is 0. The summed E-state index contributed by atoms with van der Waals surface area (Å²) in [6.07, 6.45) is 0. The van der Waals surface area contributed by atoms with Crippen molar-refractivity contribution in [3.8, 4) is 0 Å². The summed E-state index contributed by atoms with van der Waals surface area (Å²) in [5.74, 6) is -0.0887. The van der Waals surface area contributed by atoms with Crippen molar-refractivity contribution in [2.45, 2.75) is 0 Å². The molecule has 0 amide bonds. The average Bonchev–Trinajstić information content (AvgIpc) is 3.11. The third-order valence-electron chi connectivity index (χ3n) is 10.6. The fourth-order valence-electron chi connectivity index (χ4n) is 8.48. The number of carbonyl (C=O) groups is 1. The van der Waals surface area contributed by atoms with Crippen molar-refractivity contribution in [2.75, 3.05) is 42.6 Å². The predicted molar refractivity (Wildman–Crippen MR) is 201 cm³/mol. The molecule has 1 aliphatic carbocycles. The first-order valence-electron chi connectivity index (χ1n) is 16.4. The first kappa shape index (κ1) is 28.5. The van der Waals surface area contributed by atoms with E-state index in [1.165, 1.54) is 0 Å². The van der Waals surface area contributed by atoms with Gasteiger partial charge in [-0.25, -0.2) is 0 Å². The molecule has 1 N–H and O–H groups in total. The third kappa shape index (κ3) is 3.77. The van der Waals surface area contributed by atoms with E-state index in [0.29, 0.717) is 11.1 Å². The molecule has 0 atom stereocenters. The Morgan fingerprint density at radius 1 is 0.604 bits per heavy atom. The van der Waals surface area contributed by atoms with Crippen LogP contribution in [0.5, 0.6) is 0 Å². The van der Waals surface area contributed by atoms with E-state index in [2.05, 4.69) is 144 Å². The quantitative estimate of drug-likeness (QED) is 0.303. The number of hydrogen-bond acceptors (Lipinski definition) is 5. The SMILES string of the molecule is CN1B(c2ccccc2)N(C)c2c(C3=C(O)/C(=c4/ccc5cccc6c5c4=[N+](C)B(c4ccccc4)N6C)C3=O)ccc3cccc1c23. The van der Waals surface area contributed by atoms with Crippen molar-refractivity contribution >= 4 is 80.4 Å². The zero-order chi connectivity index (χ0) is 32.8. The lowest BCUT2D eigenvalue weighted by atomic mass is 9.61. The minimum absolute atomic E-state index is 0.0494. The minimum Gasteiger partial charge on any atom is -0.506 e. The van der Waals surface area contributed by atoms with Gasteiger partial charge in [0.15, 0.2) is 5.36 Å². The molecule has 230 valence electrons. The molecule has 6 aromatic rings. The van der Waals surface area contributed by atoms with Gasteiger partial charge in [0.2, 0.25) is 5.78 Å². The van der Waals surface area contributed by atoms with E-state index in [-0.39, 0.29) is 25.5 Å². The van der Waals surface area contributed by atoms with Crippen LogP contribution in [0.15, 0.2) is 127 Å². The van der Waals surface area contributed by atoms with Crippen LogP contribution in [0.4, 0.5) is 17.1 Å². The minimum atomic E-state index is -0.138. The smallest absolute Gasteiger partial charge is 0.506 e. The Morgan fingerprint density at radius 3 is 1.88 bits per heavy atom. The average molecular weight is 623 g/mol. The highest BCUT2D eigenvalue weighted by molar-refractivity contribution is 6.81. The van der Waals surface area contributed by atoms with Gasteiger partial charge in [-0.1, -0.05) is 103 Å². The summed E-state index contributed by atoms with van der Waals surface area (Å²) in [5.41, 5.74) is 6.94. The fourth-order valence-corrected chi connectivity index (χ4v) is 8.48. The molecule has 0 unspecified atom stereocenters. The van der Waals surface area contributed by atoms with Gasteiger partial charge < -0.3 is 19.5 Å². The Bertz CT molecular complexity index is 2520. The number of ketones is 1. The zero-order valence-corrected chi connectivity index (χ0v) is 27.3. The molecule has 6 aromatic carbocycles. The van der Waals surface area contributed by atoms with Crippen LogP contribution in [0.2, 0.25) is 0 Å². The zero-order valence-electron chi connectivity index (χ0n) is 27.3. The summed E-state index contributed by atoms with van der Waals surface area (Å²) in [4.78, 5) is 21.3. The fraction of sp³-hybridized carbons (Fsp3) is 0.100. The second-order valence-corrected chi connectivity index (χ2v) is 13.1. The van der Waals surface area contributed by atoms with Crippen molar-refractivity contribution in [2.24, 2.45) is 0 Å². The number of aliphatic hydroxyl groups is 1. The maximum Gasteiger partial charge on any atom is 0.646 e. The van der Waals surface area contributed by atoms with E-state index < -0.39 is 0 Å². The first-order chi connectivity index (χ1) is 23.4. The van der Waals surface area contributed by atoms with E-state index in [1.54, 1.807) is 0 Å². The van der Waals surface area contributed by atoms with Crippen molar-refractivity contribution in [3.05, 3.63) is 143 Å². The van der Waals surface area contributed by atoms with Crippen LogP contribution < -0.4 is 40.4 Å². The molecule has 9 rings (SSSR count). The number of benzene rings is 6. The Morgan fingerprint density at radius 2 is 1.21 bits per heavy atom. The maximum absolute atomic E-state index is 14.5. The number of hydrogen-bond donors (Lipinski definition) is 1. The standard InChI is InChI=1S/C40H32B2N4O2/c1-43-31-19-11-13-25-21-23-29(37(33(25)31)45(3)41(43)27-15-7-5-8-16-27)35-39(47)36(40(35)48)30-24-22-26-14-12-20-32-34(26)38(30)46(4)42(44(32)2)28-17-9-6-10-18-28/h5-24H,1-4H3/p+1. The van der Waals surface area contributed by atoms with Gasteiger partial charge in [-0.2, -0.15) is 0 Å². The van der Waals surface area contributed by atoms with Crippen molar-refractivity contribution in [3.63, 3.8) is 0 Å². The van der Waals surface area contributed by atoms with Crippen LogP contribution in [0.25, 0.3) is 32.7 Å². The monoisotopic (exact) mass is 623 g/mol. The summed E-state index contributed by atoms with van der Waals surface area (Å²) in [7, 11) is 8.40. The summed E-state index contributed by atoms with van der Waals surface area (Å²) in [6, 6.07) is 41.6. The largest absolute Gasteiger partial charge is 0.646 e. The van der Waals surface area contributed by atoms with E-state index >= 15 is 0 Å². The number of allylic oxidation sites excluding steroid dienone is 2. The molecule has 2 aliphatic heterocycles. The molecular formula is C40H33B2N4O2+. The molecule has 0 saturated heterocycles. The molecule has 6 nitrogen and oxygen atoms in total. The predicted octanol–water partition coefficient (Wildman–Crippen LogP) is 3.94. The summed E-state index contributed by atoms with van der Waals surface area (Å²) in [6.45, 7) is -0.175. The number of Topliss-reactive ketones (excluding diaryl/α,β-unsaturated/α-hetero) is 1. The topological polar surface area (TPSA) is 50.0 Å². The normalized spacial score (nSPS) is 16.8. The molecule has 48 heavy (non-hydrogen) atoms. The van der Waals surface area contributed by atoms with Gasteiger partial charge in [0.1, 0.15) is 12.8 Å². The molecular weight excluding hydrogens is 590 g/mol. The number of anilines is 3. The van der Waals surface area contributed by atoms with Crippen LogP contribution in [0.3, 0.4) is 0 Å². The molecule has 0 bridgehead atoms. The molecule has 0 fully saturated rings. The van der Waals surface area contributed by atoms with Crippen molar-refractivity contribution < 1.29 is 9.90 Å². The van der Waals surface area contributed by atoms with Crippen molar-refractivity contribution in [1.29, 1.82) is 0 Å². The molecule has 0 spiro atoms. The van der Waals surface area contributed by atoms with Gasteiger partial charge in [-0.3, -0.25) is 9.28 Å².